The zero-order valence-corrected chi connectivity index (χ0v) is 14.6. The SMILES string of the molecule is Cc1cccc(Cn2cc(Cl)c(NC(=O)Cn3nccc3C(=O)O)n2)c1. The van der Waals surface area contributed by atoms with Crippen LogP contribution in [0.4, 0.5) is 5.82 Å². The normalized spacial score (nSPS) is 10.7. The number of nitrogens with one attached hydrogen (secondary N) is 1. The number of carbonyl (C=O) groups excluding carboxylic acids is 1. The molecule has 2 N–H and O–H groups in total. The van der Waals surface area contributed by atoms with Crippen LogP contribution in [0.1, 0.15) is 21.6 Å². The third kappa shape index (κ3) is 4.09. The van der Waals surface area contributed by atoms with Crippen molar-refractivity contribution >= 4 is 29.3 Å². The van der Waals surface area contributed by atoms with Crippen LogP contribution in [0.3, 0.4) is 0 Å². The number of hydrogen-bond donors (Lipinski definition) is 2. The van der Waals surface area contributed by atoms with Crippen molar-refractivity contribution in [3.63, 3.8) is 0 Å². The Hall–Kier alpha value is -3.13. The summed E-state index contributed by atoms with van der Waals surface area (Å²) in [5.41, 5.74) is 2.13. The predicted octanol–water partition coefficient (Wildman–Crippen LogP) is 2.43. The summed E-state index contributed by atoms with van der Waals surface area (Å²) in [6.45, 7) is 2.27. The summed E-state index contributed by atoms with van der Waals surface area (Å²) >= 11 is 6.14. The van der Waals surface area contributed by atoms with Gasteiger partial charge in [0.25, 0.3) is 0 Å². The minimum Gasteiger partial charge on any atom is -0.477 e. The quantitative estimate of drug-likeness (QED) is 0.690. The molecule has 134 valence electrons. The maximum atomic E-state index is 12.1. The van der Waals surface area contributed by atoms with Crippen molar-refractivity contribution in [1.82, 2.24) is 19.6 Å². The second kappa shape index (κ2) is 7.40. The number of aromatic nitrogens is 4. The van der Waals surface area contributed by atoms with E-state index in [9.17, 15) is 9.59 Å². The molecule has 0 spiro atoms. The third-order valence-corrected chi connectivity index (χ3v) is 3.91. The van der Waals surface area contributed by atoms with Crippen LogP contribution in [-0.4, -0.2) is 36.5 Å². The number of anilines is 1. The lowest BCUT2D eigenvalue weighted by atomic mass is 10.1. The van der Waals surface area contributed by atoms with Crippen molar-refractivity contribution in [2.75, 3.05) is 5.32 Å². The van der Waals surface area contributed by atoms with Crippen LogP contribution in [0, 0.1) is 6.92 Å². The first-order chi connectivity index (χ1) is 12.4. The number of carboxylic acid groups (broad SMARTS) is 1. The van der Waals surface area contributed by atoms with E-state index in [2.05, 4.69) is 15.5 Å². The van der Waals surface area contributed by atoms with Crippen LogP contribution in [0.15, 0.2) is 42.7 Å². The van der Waals surface area contributed by atoms with Crippen LogP contribution in [0.25, 0.3) is 0 Å². The average molecular weight is 374 g/mol. The van der Waals surface area contributed by atoms with Gasteiger partial charge in [-0.25, -0.2) is 9.48 Å². The molecule has 2 heterocycles. The summed E-state index contributed by atoms with van der Waals surface area (Å²) in [5.74, 6) is -1.41. The number of hydrogen-bond acceptors (Lipinski definition) is 4. The molecule has 9 heteroatoms. The Morgan fingerprint density at radius 2 is 2.12 bits per heavy atom. The van der Waals surface area contributed by atoms with E-state index in [-0.39, 0.29) is 18.1 Å². The van der Waals surface area contributed by atoms with E-state index < -0.39 is 11.9 Å². The Balaban J connectivity index is 1.68. The van der Waals surface area contributed by atoms with Crippen LogP contribution in [0.5, 0.6) is 0 Å². The predicted molar refractivity (Wildman–Crippen MR) is 95.3 cm³/mol. The highest BCUT2D eigenvalue weighted by Crippen LogP contribution is 2.20. The molecule has 2 aromatic heterocycles. The second-order valence-electron chi connectivity index (χ2n) is 5.74. The fraction of sp³-hybridized carbons (Fsp3) is 0.176. The molecule has 1 amide bonds. The van der Waals surface area contributed by atoms with E-state index in [1.807, 2.05) is 31.2 Å². The molecule has 0 saturated heterocycles. The second-order valence-corrected chi connectivity index (χ2v) is 6.15. The van der Waals surface area contributed by atoms with Gasteiger partial charge < -0.3 is 10.4 Å². The summed E-state index contributed by atoms with van der Waals surface area (Å²) in [6, 6.07) is 9.30. The monoisotopic (exact) mass is 373 g/mol. The van der Waals surface area contributed by atoms with Gasteiger partial charge in [-0.15, -0.1) is 0 Å². The lowest BCUT2D eigenvalue weighted by Crippen LogP contribution is -2.22. The molecule has 26 heavy (non-hydrogen) atoms. The standard InChI is InChI=1S/C17H16ClN5O3/c1-11-3-2-4-12(7-11)8-22-9-13(18)16(21-22)20-15(24)10-23-14(17(25)26)5-6-19-23/h2-7,9H,8,10H2,1H3,(H,25,26)(H,20,21,24). The molecule has 3 aromatic rings. The highest BCUT2D eigenvalue weighted by Gasteiger charge is 2.15. The van der Waals surface area contributed by atoms with E-state index >= 15 is 0 Å². The fourth-order valence-corrected chi connectivity index (χ4v) is 2.71. The first-order valence-electron chi connectivity index (χ1n) is 7.76. The first-order valence-corrected chi connectivity index (χ1v) is 8.13. The molecular weight excluding hydrogens is 358 g/mol. The van der Waals surface area contributed by atoms with Crippen LogP contribution < -0.4 is 5.32 Å². The number of halogens is 1. The van der Waals surface area contributed by atoms with Gasteiger partial charge in [0.05, 0.1) is 6.54 Å². The van der Waals surface area contributed by atoms with E-state index in [1.165, 1.54) is 12.3 Å². The number of nitrogens with zero attached hydrogens (tertiary/aromatic N) is 4. The molecule has 0 bridgehead atoms. The van der Waals surface area contributed by atoms with Gasteiger partial charge in [0.1, 0.15) is 17.3 Å². The van der Waals surface area contributed by atoms with E-state index in [4.69, 9.17) is 16.7 Å². The van der Waals surface area contributed by atoms with Crippen molar-refractivity contribution in [2.24, 2.45) is 0 Å². The molecular formula is C17H16ClN5O3. The van der Waals surface area contributed by atoms with Crippen molar-refractivity contribution < 1.29 is 14.7 Å². The average Bonchev–Trinajstić information content (AvgIpc) is 3.14. The molecule has 0 aliphatic heterocycles. The van der Waals surface area contributed by atoms with Gasteiger partial charge in [-0.3, -0.25) is 9.48 Å². The zero-order chi connectivity index (χ0) is 18.7. The van der Waals surface area contributed by atoms with E-state index in [0.717, 1.165) is 15.8 Å². The topological polar surface area (TPSA) is 102 Å². The molecule has 0 unspecified atom stereocenters. The molecule has 0 saturated carbocycles. The zero-order valence-electron chi connectivity index (χ0n) is 13.9. The molecule has 0 aliphatic carbocycles. The first kappa shape index (κ1) is 17.7. The molecule has 0 fully saturated rings. The molecule has 0 radical (unpaired) electrons. The van der Waals surface area contributed by atoms with Crippen LogP contribution in [-0.2, 0) is 17.9 Å². The Kier molecular flexibility index (Phi) is 5.04. The largest absolute Gasteiger partial charge is 0.477 e. The summed E-state index contributed by atoms with van der Waals surface area (Å²) < 4.78 is 2.72. The van der Waals surface area contributed by atoms with Crippen molar-refractivity contribution in [3.05, 3.63) is 64.6 Å². The number of rotatable bonds is 6. The van der Waals surface area contributed by atoms with Gasteiger partial charge in [-0.1, -0.05) is 41.4 Å². The summed E-state index contributed by atoms with van der Waals surface area (Å²) in [7, 11) is 0. The maximum Gasteiger partial charge on any atom is 0.354 e. The van der Waals surface area contributed by atoms with Gasteiger partial charge in [0.2, 0.25) is 5.91 Å². The number of aromatic carboxylic acids is 1. The van der Waals surface area contributed by atoms with Crippen LogP contribution >= 0.6 is 11.6 Å². The lowest BCUT2D eigenvalue weighted by molar-refractivity contribution is -0.116. The number of benzene rings is 1. The molecule has 8 nitrogen and oxygen atoms in total. The number of carboxylic acids is 1. The molecule has 0 atom stereocenters. The molecule has 3 rings (SSSR count). The van der Waals surface area contributed by atoms with Gasteiger partial charge >= 0.3 is 5.97 Å². The summed E-state index contributed by atoms with van der Waals surface area (Å²) in [6.07, 6.45) is 2.94. The maximum absolute atomic E-state index is 12.1. The third-order valence-electron chi connectivity index (χ3n) is 3.63. The van der Waals surface area contributed by atoms with Gasteiger partial charge in [-0.05, 0) is 18.6 Å². The Morgan fingerprint density at radius 3 is 2.85 bits per heavy atom. The summed E-state index contributed by atoms with van der Waals surface area (Å²) in [4.78, 5) is 23.2. The number of aryl methyl sites for hydroxylation is 1. The van der Waals surface area contributed by atoms with Gasteiger partial charge in [0.15, 0.2) is 5.82 Å². The van der Waals surface area contributed by atoms with Gasteiger partial charge in [-0.2, -0.15) is 10.2 Å². The van der Waals surface area contributed by atoms with Gasteiger partial charge in [0, 0.05) is 12.4 Å². The Bertz CT molecular complexity index is 963. The van der Waals surface area contributed by atoms with E-state index in [1.54, 1.807) is 10.9 Å². The van der Waals surface area contributed by atoms with Crippen molar-refractivity contribution in [2.45, 2.75) is 20.0 Å². The fourth-order valence-electron chi connectivity index (χ4n) is 2.51. The molecule has 0 aliphatic rings. The van der Waals surface area contributed by atoms with Crippen LogP contribution in [0.2, 0.25) is 5.02 Å². The van der Waals surface area contributed by atoms with Crippen molar-refractivity contribution in [1.29, 1.82) is 0 Å². The minimum absolute atomic E-state index is 0.0729. The van der Waals surface area contributed by atoms with Crippen molar-refractivity contribution in [3.8, 4) is 0 Å². The number of carbonyl (C=O) groups is 2. The number of amides is 1. The Morgan fingerprint density at radius 1 is 1.31 bits per heavy atom. The van der Waals surface area contributed by atoms with E-state index in [0.29, 0.717) is 11.6 Å². The Labute approximate surface area is 154 Å². The molecule has 1 aromatic carbocycles. The summed E-state index contributed by atoms with van der Waals surface area (Å²) in [5, 5.41) is 20.0. The highest BCUT2D eigenvalue weighted by molar-refractivity contribution is 6.33. The highest BCUT2D eigenvalue weighted by atomic mass is 35.5. The smallest absolute Gasteiger partial charge is 0.354 e. The minimum atomic E-state index is -1.16. The lowest BCUT2D eigenvalue weighted by Gasteiger charge is -2.05.